The second-order valence-corrected chi connectivity index (χ2v) is 9.63. The average molecular weight is 567 g/mol. The van der Waals surface area contributed by atoms with Crippen LogP contribution in [-0.2, 0) is 19.1 Å². The third-order valence-electron chi connectivity index (χ3n) is 6.87. The third-order valence-corrected chi connectivity index (χ3v) is 6.87. The minimum atomic E-state index is -1.68. The average Bonchev–Trinajstić information content (AvgIpc) is 3.32. The van der Waals surface area contributed by atoms with Crippen LogP contribution in [0, 0.1) is 0 Å². The molecule has 3 amide bonds. The highest BCUT2D eigenvalue weighted by atomic mass is 16.5. The van der Waals surface area contributed by atoms with Crippen LogP contribution in [0.25, 0.3) is 0 Å². The van der Waals surface area contributed by atoms with Gasteiger partial charge in [0.15, 0.2) is 17.7 Å². The highest BCUT2D eigenvalue weighted by molar-refractivity contribution is 6.21. The highest BCUT2D eigenvalue weighted by Crippen LogP contribution is 2.25. The first-order valence-corrected chi connectivity index (χ1v) is 12.8. The van der Waals surface area contributed by atoms with Crippen molar-refractivity contribution in [2.24, 2.45) is 10.9 Å². The number of amides is 3. The number of ether oxygens (including phenoxy) is 1. The zero-order valence-electron chi connectivity index (χ0n) is 22.1. The van der Waals surface area contributed by atoms with Gasteiger partial charge in [0.2, 0.25) is 12.1 Å². The molecule has 41 heavy (non-hydrogen) atoms. The number of likely N-dealkylation sites (tertiary alicyclic amines) is 1. The van der Waals surface area contributed by atoms with Gasteiger partial charge in [-0.2, -0.15) is 0 Å². The molecule has 0 radical (unpaired) electrons. The maximum Gasteiger partial charge on any atom is 0.354 e. The molecule has 2 aromatic rings. The van der Waals surface area contributed by atoms with Crippen molar-refractivity contribution >= 4 is 41.0 Å². The normalized spacial score (nSPS) is 18.6. The van der Waals surface area contributed by atoms with Crippen LogP contribution in [0.15, 0.2) is 53.7 Å². The summed E-state index contributed by atoms with van der Waals surface area (Å²) in [5.41, 5.74) is 7.07. The number of benzene rings is 2. The van der Waals surface area contributed by atoms with Crippen LogP contribution in [-0.4, -0.2) is 88.0 Å². The smallest absolute Gasteiger partial charge is 0.354 e. The number of rotatable bonds is 9. The fraction of sp³-hybridized carbons (Fsp3) is 0.333. The minimum absolute atomic E-state index is 0.100. The molecular weight excluding hydrogens is 536 g/mol. The zero-order chi connectivity index (χ0) is 29.7. The van der Waals surface area contributed by atoms with E-state index < -0.39 is 48.0 Å². The number of carboxylic acid groups (broad SMARTS) is 1. The Bertz CT molecular complexity index is 1370. The predicted octanol–water partition coefficient (Wildman–Crippen LogP) is 0.111. The number of carbonyl (C=O) groups excluding carboxylic acids is 4. The van der Waals surface area contributed by atoms with Gasteiger partial charge in [0, 0.05) is 35.5 Å². The van der Waals surface area contributed by atoms with Crippen molar-refractivity contribution in [3.63, 3.8) is 0 Å². The summed E-state index contributed by atoms with van der Waals surface area (Å²) >= 11 is 0. The number of oxime groups is 1. The molecule has 2 aliphatic heterocycles. The van der Waals surface area contributed by atoms with E-state index in [4.69, 9.17) is 15.7 Å². The molecule has 14 nitrogen and oxygen atoms in total. The summed E-state index contributed by atoms with van der Waals surface area (Å²) in [5, 5.41) is 29.0. The van der Waals surface area contributed by atoms with Gasteiger partial charge in [-0.05, 0) is 44.0 Å². The number of nitrogens with one attached hydrogen (secondary N) is 3. The highest BCUT2D eigenvalue weighted by Gasteiger charge is 2.38. The number of Topliss-reactive ketones (excluding diaryl/α,β-unsaturated/α-hetero) is 1. The van der Waals surface area contributed by atoms with E-state index in [9.17, 15) is 29.1 Å². The number of nitrogens with two attached hydrogens (primary N) is 1. The summed E-state index contributed by atoms with van der Waals surface area (Å²) in [7, 11) is 0. The SMILES string of the molecule is CC(NC(=O)c1ccc(/C(N)=N/O)cc1)C(=O)N1CCC(O[C@H](NC(=O)C2Nc3ccccc3C2=O)C(=O)O)CC1. The molecule has 2 unspecified atom stereocenters. The van der Waals surface area contributed by atoms with E-state index in [1.807, 2.05) is 0 Å². The van der Waals surface area contributed by atoms with Crippen molar-refractivity contribution in [3.8, 4) is 0 Å². The molecule has 2 aromatic carbocycles. The molecule has 1 fully saturated rings. The fourth-order valence-electron chi connectivity index (χ4n) is 4.62. The Morgan fingerprint density at radius 2 is 1.68 bits per heavy atom. The Morgan fingerprint density at radius 3 is 2.29 bits per heavy atom. The Balaban J connectivity index is 1.26. The number of ketones is 1. The van der Waals surface area contributed by atoms with E-state index in [2.05, 4.69) is 21.1 Å². The van der Waals surface area contributed by atoms with Crippen LogP contribution < -0.4 is 21.7 Å². The van der Waals surface area contributed by atoms with Crippen molar-refractivity contribution in [2.75, 3.05) is 18.4 Å². The van der Waals surface area contributed by atoms with Crippen LogP contribution in [0.1, 0.15) is 46.0 Å². The van der Waals surface area contributed by atoms with Crippen LogP contribution >= 0.6 is 0 Å². The maximum atomic E-state index is 12.9. The van der Waals surface area contributed by atoms with E-state index in [0.29, 0.717) is 29.7 Å². The lowest BCUT2D eigenvalue weighted by atomic mass is 10.1. The predicted molar refractivity (Wildman–Crippen MR) is 144 cm³/mol. The first-order valence-electron chi connectivity index (χ1n) is 12.8. The summed E-state index contributed by atoms with van der Waals surface area (Å²) in [6.07, 6.45) is -1.65. The van der Waals surface area contributed by atoms with Crippen molar-refractivity contribution in [1.82, 2.24) is 15.5 Å². The van der Waals surface area contributed by atoms with E-state index in [0.717, 1.165) is 0 Å². The number of anilines is 1. The number of nitrogens with zero attached hydrogens (tertiary/aromatic N) is 2. The van der Waals surface area contributed by atoms with E-state index >= 15 is 0 Å². The van der Waals surface area contributed by atoms with Gasteiger partial charge in [-0.1, -0.05) is 29.4 Å². The summed E-state index contributed by atoms with van der Waals surface area (Å²) < 4.78 is 5.63. The Hall–Kier alpha value is -4.98. The maximum absolute atomic E-state index is 12.9. The molecule has 1 saturated heterocycles. The van der Waals surface area contributed by atoms with Crippen molar-refractivity contribution in [2.45, 2.75) is 44.2 Å². The molecule has 7 N–H and O–H groups in total. The number of piperidine rings is 1. The van der Waals surface area contributed by atoms with Crippen LogP contribution in [0.2, 0.25) is 0 Å². The molecular formula is C27H30N6O8. The number of hydrogen-bond donors (Lipinski definition) is 6. The number of para-hydroxylation sites is 1. The van der Waals surface area contributed by atoms with Gasteiger partial charge >= 0.3 is 5.97 Å². The molecule has 4 rings (SSSR count). The van der Waals surface area contributed by atoms with Crippen LogP contribution in [0.5, 0.6) is 0 Å². The third kappa shape index (κ3) is 6.61. The van der Waals surface area contributed by atoms with Crippen molar-refractivity contribution in [1.29, 1.82) is 0 Å². The summed E-state index contributed by atoms with van der Waals surface area (Å²) in [6, 6.07) is 10.5. The van der Waals surface area contributed by atoms with Gasteiger partial charge in [0.05, 0.1) is 6.10 Å². The number of aliphatic carboxylic acids is 1. The molecule has 14 heteroatoms. The second kappa shape index (κ2) is 12.5. The first kappa shape index (κ1) is 29.0. The van der Waals surface area contributed by atoms with Crippen LogP contribution in [0.3, 0.4) is 0 Å². The number of carbonyl (C=O) groups is 5. The van der Waals surface area contributed by atoms with Gasteiger partial charge < -0.3 is 41.6 Å². The standard InChI is InChI=1S/C27H30N6O8/c1-14(29-23(35)16-8-6-15(7-9-16)22(28)32-40)26(37)33-12-10-17(11-13-33)41-25(27(38)39)31-24(36)20-21(34)18-4-2-3-5-19(18)30-20/h2-9,14,17,20,25,30,40H,10-13H2,1H3,(H2,28,32)(H,29,35)(H,31,36)(H,38,39)/t14?,20?,25-/m0/s1. The minimum Gasteiger partial charge on any atom is -0.478 e. The lowest BCUT2D eigenvalue weighted by Gasteiger charge is -2.34. The van der Waals surface area contributed by atoms with Crippen molar-refractivity contribution in [3.05, 3.63) is 65.2 Å². The summed E-state index contributed by atoms with van der Waals surface area (Å²) in [5.74, 6) is -3.61. The van der Waals surface area contributed by atoms with Gasteiger partial charge in [-0.3, -0.25) is 19.2 Å². The topological polar surface area (TPSA) is 213 Å². The Labute approximate surface area is 234 Å². The first-order chi connectivity index (χ1) is 19.6. The summed E-state index contributed by atoms with van der Waals surface area (Å²) in [6.45, 7) is 2.05. The molecule has 2 aliphatic rings. The van der Waals surface area contributed by atoms with Crippen molar-refractivity contribution < 1.29 is 39.0 Å². The van der Waals surface area contributed by atoms with E-state index in [1.54, 1.807) is 36.1 Å². The molecule has 0 spiro atoms. The lowest BCUT2D eigenvalue weighted by molar-refractivity contribution is -0.163. The number of amidine groups is 1. The molecule has 0 aromatic heterocycles. The Kier molecular flexibility index (Phi) is 8.82. The quantitative estimate of drug-likeness (QED) is 0.0602. The molecule has 216 valence electrons. The molecule has 2 heterocycles. The number of carboxylic acids is 1. The second-order valence-electron chi connectivity index (χ2n) is 9.63. The Morgan fingerprint density at radius 1 is 1.05 bits per heavy atom. The molecule has 0 bridgehead atoms. The van der Waals surface area contributed by atoms with Gasteiger partial charge in [-0.25, -0.2) is 4.79 Å². The number of hydrogen-bond acceptors (Lipinski definition) is 9. The fourth-order valence-corrected chi connectivity index (χ4v) is 4.62. The van der Waals surface area contributed by atoms with Crippen LogP contribution in [0.4, 0.5) is 5.69 Å². The molecule has 3 atom stereocenters. The zero-order valence-corrected chi connectivity index (χ0v) is 22.1. The molecule has 0 saturated carbocycles. The largest absolute Gasteiger partial charge is 0.478 e. The molecule has 0 aliphatic carbocycles. The lowest BCUT2D eigenvalue weighted by Crippen LogP contribution is -2.53. The van der Waals surface area contributed by atoms with E-state index in [1.165, 1.54) is 24.3 Å². The van der Waals surface area contributed by atoms with Gasteiger partial charge in [0.1, 0.15) is 6.04 Å². The number of fused-ring (bicyclic) bond motifs is 1. The monoisotopic (exact) mass is 566 g/mol. The van der Waals surface area contributed by atoms with Gasteiger partial charge in [0.25, 0.3) is 11.8 Å². The van der Waals surface area contributed by atoms with E-state index in [-0.39, 0.29) is 30.4 Å². The van der Waals surface area contributed by atoms with Gasteiger partial charge in [-0.15, -0.1) is 0 Å². The summed E-state index contributed by atoms with van der Waals surface area (Å²) in [4.78, 5) is 64.1.